The summed E-state index contributed by atoms with van der Waals surface area (Å²) < 4.78 is 26.1. The van der Waals surface area contributed by atoms with Crippen LogP contribution < -0.4 is 9.62 Å². The molecular formula is C24H31N3O5S. The molecule has 0 heterocycles. The molecule has 0 unspecified atom stereocenters. The molecule has 9 heteroatoms. The summed E-state index contributed by atoms with van der Waals surface area (Å²) in [5, 5.41) is 2.58. The lowest BCUT2D eigenvalue weighted by Crippen LogP contribution is -2.51. The van der Waals surface area contributed by atoms with Crippen LogP contribution in [-0.2, 0) is 26.2 Å². The number of carbonyl (C=O) groups is 3. The van der Waals surface area contributed by atoms with E-state index in [-0.39, 0.29) is 23.9 Å². The molecule has 8 nitrogen and oxygen atoms in total. The van der Waals surface area contributed by atoms with Crippen molar-refractivity contribution in [2.24, 2.45) is 0 Å². The number of carbonyl (C=O) groups excluding carboxylic acids is 3. The number of amides is 2. The van der Waals surface area contributed by atoms with Gasteiger partial charge in [-0.05, 0) is 38.0 Å². The van der Waals surface area contributed by atoms with Gasteiger partial charge < -0.3 is 10.2 Å². The van der Waals surface area contributed by atoms with Gasteiger partial charge in [-0.15, -0.1) is 0 Å². The third-order valence-electron chi connectivity index (χ3n) is 5.29. The van der Waals surface area contributed by atoms with E-state index in [1.807, 2.05) is 31.2 Å². The Morgan fingerprint density at radius 2 is 1.73 bits per heavy atom. The largest absolute Gasteiger partial charge is 0.357 e. The maximum absolute atomic E-state index is 13.5. The lowest BCUT2D eigenvalue weighted by Gasteiger charge is -2.32. The van der Waals surface area contributed by atoms with Crippen molar-refractivity contribution in [3.05, 3.63) is 65.2 Å². The van der Waals surface area contributed by atoms with Gasteiger partial charge >= 0.3 is 0 Å². The molecule has 178 valence electrons. The normalized spacial score (nSPS) is 12.0. The summed E-state index contributed by atoms with van der Waals surface area (Å²) in [7, 11) is -2.36. The molecule has 2 amide bonds. The van der Waals surface area contributed by atoms with Gasteiger partial charge in [0.05, 0.1) is 11.9 Å². The minimum absolute atomic E-state index is 0.150. The van der Waals surface area contributed by atoms with Crippen LogP contribution in [0.4, 0.5) is 5.69 Å². The van der Waals surface area contributed by atoms with Crippen LogP contribution in [0.3, 0.4) is 0 Å². The average Bonchev–Trinajstić information content (AvgIpc) is 2.76. The Bertz CT molecular complexity index is 1130. The van der Waals surface area contributed by atoms with Crippen LogP contribution in [0.2, 0.25) is 0 Å². The molecule has 0 spiro atoms. The fourth-order valence-corrected chi connectivity index (χ4v) is 4.43. The number of benzene rings is 2. The number of hydrogen-bond acceptors (Lipinski definition) is 5. The maximum atomic E-state index is 13.5. The molecule has 0 saturated heterocycles. The second-order valence-corrected chi connectivity index (χ2v) is 9.83. The van der Waals surface area contributed by atoms with Gasteiger partial charge in [0.1, 0.15) is 12.6 Å². The van der Waals surface area contributed by atoms with Crippen LogP contribution >= 0.6 is 0 Å². The van der Waals surface area contributed by atoms with E-state index in [1.54, 1.807) is 19.1 Å². The van der Waals surface area contributed by atoms with Crippen LogP contribution in [0.1, 0.15) is 41.8 Å². The first-order chi connectivity index (χ1) is 15.5. The zero-order valence-corrected chi connectivity index (χ0v) is 20.5. The topological polar surface area (TPSA) is 104 Å². The van der Waals surface area contributed by atoms with Crippen LogP contribution in [0.25, 0.3) is 0 Å². The predicted molar refractivity (Wildman–Crippen MR) is 129 cm³/mol. The molecule has 2 aromatic rings. The highest BCUT2D eigenvalue weighted by Gasteiger charge is 2.31. The van der Waals surface area contributed by atoms with E-state index >= 15 is 0 Å². The first-order valence-corrected chi connectivity index (χ1v) is 12.5. The van der Waals surface area contributed by atoms with E-state index in [4.69, 9.17) is 0 Å². The number of nitrogens with one attached hydrogen (secondary N) is 1. The molecule has 0 bridgehead atoms. The van der Waals surface area contributed by atoms with Crippen molar-refractivity contribution in [2.75, 3.05) is 24.2 Å². The summed E-state index contributed by atoms with van der Waals surface area (Å²) >= 11 is 0. The molecule has 2 aromatic carbocycles. The van der Waals surface area contributed by atoms with Gasteiger partial charge in [-0.25, -0.2) is 8.42 Å². The molecule has 1 N–H and O–H groups in total. The fourth-order valence-electron chi connectivity index (χ4n) is 3.59. The maximum Gasteiger partial charge on any atom is 0.244 e. The van der Waals surface area contributed by atoms with E-state index in [2.05, 4.69) is 5.32 Å². The summed E-state index contributed by atoms with van der Waals surface area (Å²) in [6.45, 7) is 4.76. The van der Waals surface area contributed by atoms with Crippen molar-refractivity contribution in [3.63, 3.8) is 0 Å². The Balaban J connectivity index is 2.46. The zero-order valence-electron chi connectivity index (χ0n) is 19.7. The molecule has 0 aliphatic carbocycles. The number of hydrogen-bond donors (Lipinski definition) is 1. The summed E-state index contributed by atoms with van der Waals surface area (Å²) in [6, 6.07) is 12.9. The van der Waals surface area contributed by atoms with E-state index in [1.165, 1.54) is 31.0 Å². The highest BCUT2D eigenvalue weighted by atomic mass is 32.2. The number of sulfonamides is 1. The quantitative estimate of drug-likeness (QED) is 0.534. The molecule has 0 saturated carbocycles. The van der Waals surface area contributed by atoms with Crippen LogP contribution in [0, 0.1) is 6.92 Å². The first kappa shape index (κ1) is 26.1. The lowest BCUT2D eigenvalue weighted by atomic mass is 10.1. The predicted octanol–water partition coefficient (Wildman–Crippen LogP) is 2.52. The van der Waals surface area contributed by atoms with Crippen molar-refractivity contribution in [1.29, 1.82) is 0 Å². The SMILES string of the molecule is CC[C@H](C(=O)NC)N(Cc1cccc(C)c1)C(=O)CN(c1cccc(C(C)=O)c1)S(C)(=O)=O. The summed E-state index contributed by atoms with van der Waals surface area (Å²) in [6.07, 6.45) is 1.36. The van der Waals surface area contributed by atoms with Crippen LogP contribution in [0.5, 0.6) is 0 Å². The van der Waals surface area contributed by atoms with Crippen molar-refractivity contribution in [1.82, 2.24) is 10.2 Å². The second-order valence-electron chi connectivity index (χ2n) is 7.93. The smallest absolute Gasteiger partial charge is 0.244 e. The van der Waals surface area contributed by atoms with E-state index < -0.39 is 28.5 Å². The molecule has 0 aliphatic rings. The monoisotopic (exact) mass is 473 g/mol. The highest BCUT2D eigenvalue weighted by Crippen LogP contribution is 2.21. The number of rotatable bonds is 10. The van der Waals surface area contributed by atoms with Gasteiger partial charge in [-0.2, -0.15) is 0 Å². The minimum Gasteiger partial charge on any atom is -0.357 e. The molecule has 0 aromatic heterocycles. The number of nitrogens with zero attached hydrogens (tertiary/aromatic N) is 2. The van der Waals surface area contributed by atoms with Gasteiger partial charge in [-0.1, -0.05) is 48.9 Å². The Morgan fingerprint density at radius 3 is 2.27 bits per heavy atom. The number of likely N-dealkylation sites (N-methyl/N-ethyl adjacent to an activating group) is 1. The van der Waals surface area contributed by atoms with Crippen molar-refractivity contribution in [3.8, 4) is 0 Å². The standard InChI is InChI=1S/C24H31N3O5S/c1-6-22(24(30)25-4)26(15-19-10-7-9-17(2)13-19)23(29)16-27(33(5,31)32)21-12-8-11-20(14-21)18(3)28/h7-14,22H,6,15-16H2,1-5H3,(H,25,30)/t22-/m1/s1. The average molecular weight is 474 g/mol. The molecule has 0 fully saturated rings. The Morgan fingerprint density at radius 1 is 1.06 bits per heavy atom. The van der Waals surface area contributed by atoms with Crippen LogP contribution in [-0.4, -0.2) is 56.8 Å². The Labute approximate surface area is 195 Å². The van der Waals surface area contributed by atoms with Gasteiger partial charge in [0.25, 0.3) is 0 Å². The van der Waals surface area contributed by atoms with Crippen molar-refractivity contribution in [2.45, 2.75) is 39.8 Å². The first-order valence-electron chi connectivity index (χ1n) is 10.6. The number of aryl methyl sites for hydroxylation is 1. The van der Waals surface area contributed by atoms with Gasteiger partial charge in [0.15, 0.2) is 5.78 Å². The van der Waals surface area contributed by atoms with E-state index in [0.29, 0.717) is 12.0 Å². The molecule has 1 atom stereocenters. The highest BCUT2D eigenvalue weighted by molar-refractivity contribution is 7.92. The number of ketones is 1. The minimum atomic E-state index is -3.85. The van der Waals surface area contributed by atoms with Gasteiger partial charge in [0, 0.05) is 19.2 Å². The summed E-state index contributed by atoms with van der Waals surface area (Å²) in [5.41, 5.74) is 2.38. The molecule has 33 heavy (non-hydrogen) atoms. The zero-order chi connectivity index (χ0) is 24.8. The van der Waals surface area contributed by atoms with Gasteiger partial charge in [0.2, 0.25) is 21.8 Å². The lowest BCUT2D eigenvalue weighted by molar-refractivity contribution is -0.140. The molecule has 2 rings (SSSR count). The van der Waals surface area contributed by atoms with Crippen molar-refractivity contribution < 1.29 is 22.8 Å². The fraction of sp³-hybridized carbons (Fsp3) is 0.375. The Hall–Kier alpha value is -3.20. The van der Waals surface area contributed by atoms with Crippen molar-refractivity contribution >= 4 is 33.3 Å². The van der Waals surface area contributed by atoms with E-state index in [9.17, 15) is 22.8 Å². The third kappa shape index (κ3) is 6.89. The second kappa shape index (κ2) is 11.1. The van der Waals surface area contributed by atoms with Crippen LogP contribution in [0.15, 0.2) is 48.5 Å². The molecule has 0 aliphatic heterocycles. The molecule has 0 radical (unpaired) electrons. The van der Waals surface area contributed by atoms with E-state index in [0.717, 1.165) is 21.7 Å². The summed E-state index contributed by atoms with van der Waals surface area (Å²) in [4.78, 5) is 39.2. The van der Waals surface area contributed by atoms with Gasteiger partial charge in [-0.3, -0.25) is 18.7 Å². The number of Topliss-reactive ketones (excluding diaryl/α,β-unsaturated/α-hetero) is 1. The number of anilines is 1. The Kier molecular flexibility index (Phi) is 8.76. The third-order valence-corrected chi connectivity index (χ3v) is 6.43. The molecular weight excluding hydrogens is 442 g/mol. The summed E-state index contributed by atoms with van der Waals surface area (Å²) in [5.74, 6) is -1.07.